The van der Waals surface area contributed by atoms with Crippen LogP contribution in [0.25, 0.3) is 16.0 Å². The molecule has 0 saturated carbocycles. The van der Waals surface area contributed by atoms with Gasteiger partial charge < -0.3 is 9.80 Å². The van der Waals surface area contributed by atoms with Gasteiger partial charge in [-0.25, -0.2) is 9.07 Å². The molecule has 6 nitrogen and oxygen atoms in total. The van der Waals surface area contributed by atoms with Crippen LogP contribution >= 0.6 is 11.3 Å². The molecule has 33 heavy (non-hydrogen) atoms. The molecule has 0 aliphatic carbocycles. The minimum atomic E-state index is -0.277. The molecule has 0 spiro atoms. The summed E-state index contributed by atoms with van der Waals surface area (Å²) < 4.78 is 16.1. The number of amides is 1. The summed E-state index contributed by atoms with van der Waals surface area (Å²) >= 11 is 1.61. The van der Waals surface area contributed by atoms with Gasteiger partial charge in [-0.3, -0.25) is 4.79 Å². The van der Waals surface area contributed by atoms with Gasteiger partial charge in [-0.05, 0) is 54.8 Å². The second-order valence-electron chi connectivity index (χ2n) is 8.68. The van der Waals surface area contributed by atoms with Gasteiger partial charge in [-0.1, -0.05) is 37.3 Å². The Labute approximate surface area is 196 Å². The van der Waals surface area contributed by atoms with Crippen molar-refractivity contribution in [1.82, 2.24) is 19.7 Å². The molecule has 4 aromatic rings. The third-order valence-electron chi connectivity index (χ3n) is 6.11. The number of piperazine rings is 1. The highest BCUT2D eigenvalue weighted by Crippen LogP contribution is 2.33. The van der Waals surface area contributed by atoms with Gasteiger partial charge in [-0.2, -0.15) is 10.1 Å². The molecule has 0 bridgehead atoms. The van der Waals surface area contributed by atoms with Crippen molar-refractivity contribution in [3.63, 3.8) is 0 Å². The Hall–Kier alpha value is -3.26. The lowest BCUT2D eigenvalue weighted by Crippen LogP contribution is -2.48. The Bertz CT molecular complexity index is 1290. The predicted octanol–water partition coefficient (Wildman–Crippen LogP) is 5.02. The first kappa shape index (κ1) is 21.6. The highest BCUT2D eigenvalue weighted by atomic mass is 32.1. The van der Waals surface area contributed by atoms with E-state index in [9.17, 15) is 9.18 Å². The summed E-state index contributed by atoms with van der Waals surface area (Å²) in [5, 5.41) is 5.52. The molecule has 2 aromatic heterocycles. The molecule has 1 fully saturated rings. The Morgan fingerprint density at radius 1 is 1.00 bits per heavy atom. The highest BCUT2D eigenvalue weighted by molar-refractivity contribution is 7.22. The maximum Gasteiger partial charge on any atom is 0.253 e. The van der Waals surface area contributed by atoms with Crippen LogP contribution in [0.15, 0.2) is 48.5 Å². The first-order valence-electron chi connectivity index (χ1n) is 11.2. The number of carbonyl (C=O) groups is 1. The van der Waals surface area contributed by atoms with Crippen molar-refractivity contribution in [3.8, 4) is 5.69 Å². The number of benzene rings is 2. The van der Waals surface area contributed by atoms with Gasteiger partial charge in [0.1, 0.15) is 5.82 Å². The van der Waals surface area contributed by atoms with Gasteiger partial charge in [0.2, 0.25) is 0 Å². The van der Waals surface area contributed by atoms with Crippen LogP contribution in [0.5, 0.6) is 0 Å². The molecule has 1 saturated heterocycles. The second kappa shape index (κ2) is 8.59. The van der Waals surface area contributed by atoms with E-state index in [-0.39, 0.29) is 11.7 Å². The smallest absolute Gasteiger partial charge is 0.253 e. The van der Waals surface area contributed by atoms with E-state index >= 15 is 0 Å². The molecule has 1 aliphatic heterocycles. The minimum Gasteiger partial charge on any atom is -0.344 e. The molecule has 0 radical (unpaired) electrons. The van der Waals surface area contributed by atoms with Crippen LogP contribution in [0.1, 0.15) is 41.4 Å². The first-order chi connectivity index (χ1) is 15.9. The van der Waals surface area contributed by atoms with Crippen molar-refractivity contribution in [3.05, 3.63) is 71.2 Å². The van der Waals surface area contributed by atoms with Gasteiger partial charge in [0.05, 0.1) is 16.1 Å². The number of aryl methyl sites for hydroxylation is 1. The Kier molecular flexibility index (Phi) is 5.62. The van der Waals surface area contributed by atoms with Gasteiger partial charge in [0.15, 0.2) is 10.8 Å². The molecule has 8 heteroatoms. The molecule has 3 heterocycles. The second-order valence-corrected chi connectivity index (χ2v) is 9.66. The normalized spacial score (nSPS) is 14.5. The topological polar surface area (TPSA) is 54.3 Å². The number of carbonyl (C=O) groups excluding carboxylic acids is 1. The Morgan fingerprint density at radius 3 is 2.30 bits per heavy atom. The van der Waals surface area contributed by atoms with Crippen molar-refractivity contribution in [2.75, 3.05) is 31.1 Å². The van der Waals surface area contributed by atoms with E-state index in [1.54, 1.807) is 28.2 Å². The highest BCUT2D eigenvalue weighted by Gasteiger charge is 2.25. The van der Waals surface area contributed by atoms with Crippen LogP contribution in [0.2, 0.25) is 0 Å². The summed E-state index contributed by atoms with van der Waals surface area (Å²) in [5.74, 6) is 0.253. The fraction of sp³-hybridized carbons (Fsp3) is 0.320. The number of halogens is 1. The molecule has 1 amide bonds. The monoisotopic (exact) mass is 463 g/mol. The zero-order valence-corrected chi connectivity index (χ0v) is 19.8. The number of hydrogen-bond acceptors (Lipinski definition) is 5. The first-order valence-corrected chi connectivity index (χ1v) is 12.0. The van der Waals surface area contributed by atoms with E-state index < -0.39 is 0 Å². The number of hydrogen-bond donors (Lipinski definition) is 0. The van der Waals surface area contributed by atoms with Gasteiger partial charge in [0, 0.05) is 31.7 Å². The quantitative estimate of drug-likeness (QED) is 0.427. The predicted molar refractivity (Wildman–Crippen MR) is 130 cm³/mol. The van der Waals surface area contributed by atoms with Crippen LogP contribution in [0, 0.1) is 12.7 Å². The van der Waals surface area contributed by atoms with Crippen LogP contribution in [-0.4, -0.2) is 51.8 Å². The number of fused-ring (bicyclic) bond motifs is 1. The van der Waals surface area contributed by atoms with E-state index in [2.05, 4.69) is 23.8 Å². The van der Waals surface area contributed by atoms with Crippen molar-refractivity contribution in [1.29, 1.82) is 0 Å². The van der Waals surface area contributed by atoms with E-state index in [4.69, 9.17) is 4.98 Å². The van der Waals surface area contributed by atoms with Crippen molar-refractivity contribution in [2.45, 2.75) is 26.7 Å². The summed E-state index contributed by atoms with van der Waals surface area (Å²) in [6, 6.07) is 14.2. The zero-order chi connectivity index (χ0) is 23.1. The zero-order valence-electron chi connectivity index (χ0n) is 19.0. The van der Waals surface area contributed by atoms with Crippen molar-refractivity contribution < 1.29 is 9.18 Å². The standard InChI is InChI=1S/C25H26FN5OS/c1-16(2)18-4-6-19(7-5-18)24(32)29-12-14-30(15-13-29)25-27-23-22(33-25)17(3)28-31(23)21-10-8-20(26)9-11-21/h4-11,16H,12-15H2,1-3H3. The van der Waals surface area contributed by atoms with E-state index in [0.29, 0.717) is 19.0 Å². The summed E-state index contributed by atoms with van der Waals surface area (Å²) in [6.45, 7) is 9.04. The number of anilines is 1. The maximum absolute atomic E-state index is 13.3. The Morgan fingerprint density at radius 2 is 1.67 bits per heavy atom. The fourth-order valence-electron chi connectivity index (χ4n) is 4.11. The summed E-state index contributed by atoms with van der Waals surface area (Å²) in [7, 11) is 0. The summed E-state index contributed by atoms with van der Waals surface area (Å²) in [5.41, 5.74) is 4.44. The number of aromatic nitrogens is 3. The summed E-state index contributed by atoms with van der Waals surface area (Å²) in [4.78, 5) is 22.0. The lowest BCUT2D eigenvalue weighted by molar-refractivity contribution is 0.0746. The average molecular weight is 464 g/mol. The number of thiazole rings is 1. The van der Waals surface area contributed by atoms with Gasteiger partial charge >= 0.3 is 0 Å². The third-order valence-corrected chi connectivity index (χ3v) is 7.32. The molecular formula is C25H26FN5OS. The maximum atomic E-state index is 13.3. The Balaban J connectivity index is 1.31. The molecule has 2 aromatic carbocycles. The third kappa shape index (κ3) is 4.11. The van der Waals surface area contributed by atoms with Crippen molar-refractivity contribution in [2.24, 2.45) is 0 Å². The van der Waals surface area contributed by atoms with Gasteiger partial charge in [-0.15, -0.1) is 0 Å². The van der Waals surface area contributed by atoms with Gasteiger partial charge in [0.25, 0.3) is 5.91 Å². The van der Waals surface area contributed by atoms with E-state index in [0.717, 1.165) is 45.5 Å². The van der Waals surface area contributed by atoms with E-state index in [1.807, 2.05) is 36.1 Å². The molecule has 5 rings (SSSR count). The van der Waals surface area contributed by atoms with E-state index in [1.165, 1.54) is 17.7 Å². The molecule has 0 atom stereocenters. The molecule has 170 valence electrons. The molecular weight excluding hydrogens is 437 g/mol. The van der Waals surface area contributed by atoms with Crippen LogP contribution in [-0.2, 0) is 0 Å². The molecule has 0 N–H and O–H groups in total. The fourth-order valence-corrected chi connectivity index (χ4v) is 5.15. The van der Waals surface area contributed by atoms with Crippen molar-refractivity contribution >= 4 is 32.7 Å². The molecule has 0 unspecified atom stereocenters. The molecule has 1 aliphatic rings. The lowest BCUT2D eigenvalue weighted by atomic mass is 10.0. The largest absolute Gasteiger partial charge is 0.344 e. The SMILES string of the molecule is Cc1nn(-c2ccc(F)cc2)c2nc(N3CCN(C(=O)c4ccc(C(C)C)cc4)CC3)sc12. The van der Waals surface area contributed by atoms with Crippen LogP contribution < -0.4 is 4.90 Å². The number of nitrogens with zero attached hydrogens (tertiary/aromatic N) is 5. The summed E-state index contributed by atoms with van der Waals surface area (Å²) in [6.07, 6.45) is 0. The lowest BCUT2D eigenvalue weighted by Gasteiger charge is -2.34. The number of rotatable bonds is 4. The van der Waals surface area contributed by atoms with Crippen LogP contribution in [0.4, 0.5) is 9.52 Å². The minimum absolute atomic E-state index is 0.0806. The van der Waals surface area contributed by atoms with Crippen LogP contribution in [0.3, 0.4) is 0 Å². The average Bonchev–Trinajstić information content (AvgIpc) is 3.40.